The molecule has 2 aromatic carbocycles. The minimum atomic E-state index is -2.81. The number of aliphatic hydroxyl groups is 1. The molecule has 1 heterocycles. The molecule has 1 aliphatic rings. The van der Waals surface area contributed by atoms with Crippen molar-refractivity contribution in [2.24, 2.45) is 5.11 Å². The van der Waals surface area contributed by atoms with E-state index in [0.29, 0.717) is 0 Å². The van der Waals surface area contributed by atoms with Crippen molar-refractivity contribution in [3.05, 3.63) is 71.1 Å². The summed E-state index contributed by atoms with van der Waals surface area (Å²) in [6.45, 7) is 6.68. The third-order valence-electron chi connectivity index (χ3n) is 6.20. The lowest BCUT2D eigenvalue weighted by Gasteiger charge is -2.43. The van der Waals surface area contributed by atoms with Crippen LogP contribution in [0.4, 0.5) is 0 Å². The molecule has 9 heteroatoms. The van der Waals surface area contributed by atoms with Crippen molar-refractivity contribution >= 4 is 18.7 Å². The molecule has 1 saturated heterocycles. The Bertz CT molecular complexity index is 891. The van der Waals surface area contributed by atoms with Crippen LogP contribution in [0, 0.1) is 0 Å². The average Bonchev–Trinajstić information content (AvgIpc) is 3.11. The summed E-state index contributed by atoms with van der Waals surface area (Å²) in [5, 5.41) is 16.8. The molecule has 0 aromatic heterocycles. The number of ether oxygens (including phenoxy) is 3. The number of nitrogens with zero attached hydrogens (tertiary/aromatic N) is 3. The maximum absolute atomic E-state index is 11.0. The molecular formula is C24H33N3O5Si. The number of rotatable bonds is 9. The fourth-order valence-electron chi connectivity index (χ4n) is 4.67. The van der Waals surface area contributed by atoms with Crippen LogP contribution in [-0.4, -0.2) is 64.9 Å². The molecule has 1 fully saturated rings. The highest BCUT2D eigenvalue weighted by Crippen LogP contribution is 2.38. The first-order chi connectivity index (χ1) is 15.8. The van der Waals surface area contributed by atoms with Crippen LogP contribution in [0.1, 0.15) is 20.8 Å². The first-order valence-corrected chi connectivity index (χ1v) is 12.9. The molecule has 1 N–H and O–H groups in total. The van der Waals surface area contributed by atoms with Gasteiger partial charge in [-0.05, 0) is 20.9 Å². The Hall–Kier alpha value is -2.23. The average molecular weight is 472 g/mol. The molecule has 8 nitrogen and oxygen atoms in total. The summed E-state index contributed by atoms with van der Waals surface area (Å²) in [5.41, 5.74) is 9.02. The van der Waals surface area contributed by atoms with Gasteiger partial charge in [0.05, 0.1) is 18.8 Å². The Balaban J connectivity index is 1.99. The Kier molecular flexibility index (Phi) is 8.31. The Morgan fingerprint density at radius 3 is 1.97 bits per heavy atom. The quantitative estimate of drug-likeness (QED) is 0.199. The van der Waals surface area contributed by atoms with Gasteiger partial charge < -0.3 is 23.7 Å². The van der Waals surface area contributed by atoms with Crippen LogP contribution in [0.15, 0.2) is 65.8 Å². The van der Waals surface area contributed by atoms with Gasteiger partial charge in [0, 0.05) is 19.1 Å². The van der Waals surface area contributed by atoms with Gasteiger partial charge in [0.25, 0.3) is 8.32 Å². The third kappa shape index (κ3) is 5.00. The number of methoxy groups -OCH3 is 2. The normalized spacial score (nSPS) is 23.5. The summed E-state index contributed by atoms with van der Waals surface area (Å²) < 4.78 is 23.6. The monoisotopic (exact) mass is 471 g/mol. The molecule has 4 atom stereocenters. The molecule has 3 rings (SSSR count). The van der Waals surface area contributed by atoms with Crippen molar-refractivity contribution in [3.8, 4) is 0 Å². The highest BCUT2D eigenvalue weighted by atomic mass is 28.4. The molecule has 178 valence electrons. The van der Waals surface area contributed by atoms with Crippen LogP contribution in [-0.2, 0) is 18.6 Å². The van der Waals surface area contributed by atoms with Gasteiger partial charge in [-0.3, -0.25) is 0 Å². The molecular weight excluding hydrogens is 438 g/mol. The van der Waals surface area contributed by atoms with Crippen molar-refractivity contribution in [3.63, 3.8) is 0 Å². The lowest BCUT2D eigenvalue weighted by Crippen LogP contribution is -2.67. The van der Waals surface area contributed by atoms with Crippen LogP contribution in [0.3, 0.4) is 0 Å². The lowest BCUT2D eigenvalue weighted by molar-refractivity contribution is -0.180. The summed E-state index contributed by atoms with van der Waals surface area (Å²) in [6, 6.07) is 19.6. The van der Waals surface area contributed by atoms with E-state index in [9.17, 15) is 5.11 Å². The van der Waals surface area contributed by atoms with Crippen molar-refractivity contribution in [2.45, 2.75) is 56.5 Å². The van der Waals surface area contributed by atoms with E-state index in [1.807, 2.05) is 36.4 Å². The van der Waals surface area contributed by atoms with Crippen LogP contribution in [0.25, 0.3) is 10.4 Å². The summed E-state index contributed by atoms with van der Waals surface area (Å²) >= 11 is 0. The van der Waals surface area contributed by atoms with E-state index < -0.39 is 39.0 Å². The second kappa shape index (κ2) is 10.8. The van der Waals surface area contributed by atoms with Gasteiger partial charge in [0.15, 0.2) is 6.29 Å². The first kappa shape index (κ1) is 25.4. The SMILES string of the molecule is COC(OC)[C@H]1O[C@H](CO[Si](c2ccccc2)(c2ccccc2)C(C)(C)C)[C@@H](O)[C@H]1N=[N+]=[N-]. The summed E-state index contributed by atoms with van der Waals surface area (Å²) in [4.78, 5) is 2.89. The van der Waals surface area contributed by atoms with Gasteiger partial charge in [-0.1, -0.05) is 86.5 Å². The van der Waals surface area contributed by atoms with Crippen LogP contribution < -0.4 is 10.4 Å². The highest BCUT2D eigenvalue weighted by Gasteiger charge is 2.53. The zero-order valence-electron chi connectivity index (χ0n) is 19.8. The van der Waals surface area contributed by atoms with E-state index in [1.54, 1.807) is 0 Å². The number of aliphatic hydroxyl groups excluding tert-OH is 1. The van der Waals surface area contributed by atoms with Gasteiger partial charge in [-0.15, -0.1) is 0 Å². The zero-order valence-corrected chi connectivity index (χ0v) is 20.8. The molecule has 0 aliphatic carbocycles. The van der Waals surface area contributed by atoms with E-state index in [0.717, 1.165) is 10.4 Å². The fraction of sp³-hybridized carbons (Fsp3) is 0.500. The van der Waals surface area contributed by atoms with E-state index in [2.05, 4.69) is 55.1 Å². The van der Waals surface area contributed by atoms with Crippen LogP contribution in [0.5, 0.6) is 0 Å². The summed E-state index contributed by atoms with van der Waals surface area (Å²) in [7, 11) is 0.141. The molecule has 0 bridgehead atoms. The summed E-state index contributed by atoms with van der Waals surface area (Å²) in [5.74, 6) is 0. The molecule has 0 amide bonds. The van der Waals surface area contributed by atoms with Gasteiger partial charge in [-0.2, -0.15) is 0 Å². The third-order valence-corrected chi connectivity index (χ3v) is 11.2. The number of azide groups is 1. The lowest BCUT2D eigenvalue weighted by atomic mass is 10.1. The standard InChI is InChI=1S/C24H33N3O5Si/c1-24(2,3)33(17-12-8-6-9-13-17,18-14-10-7-11-15-18)31-16-19-21(28)20(26-27-25)22(32-19)23(29-4)30-5/h6-15,19-23,28H,16H2,1-5H3/t19-,20-,21-,22+/m1/s1. The van der Waals surface area contributed by atoms with Crippen molar-refractivity contribution < 1.29 is 23.7 Å². The van der Waals surface area contributed by atoms with Crippen LogP contribution >= 0.6 is 0 Å². The predicted octanol–water partition coefficient (Wildman–Crippen LogP) is 2.99. The first-order valence-electron chi connectivity index (χ1n) is 11.0. The van der Waals surface area contributed by atoms with E-state index in [-0.39, 0.29) is 11.6 Å². The maximum atomic E-state index is 11.0. The van der Waals surface area contributed by atoms with Crippen molar-refractivity contribution in [2.75, 3.05) is 20.8 Å². The van der Waals surface area contributed by atoms with E-state index >= 15 is 0 Å². The van der Waals surface area contributed by atoms with Gasteiger partial charge in [0.1, 0.15) is 12.2 Å². The van der Waals surface area contributed by atoms with Gasteiger partial charge >= 0.3 is 0 Å². The second-order valence-corrected chi connectivity index (χ2v) is 13.4. The Morgan fingerprint density at radius 2 is 1.55 bits per heavy atom. The highest BCUT2D eigenvalue weighted by molar-refractivity contribution is 6.99. The topological polar surface area (TPSA) is 106 Å². The predicted molar refractivity (Wildman–Crippen MR) is 129 cm³/mol. The molecule has 0 saturated carbocycles. The number of hydrogen-bond acceptors (Lipinski definition) is 6. The second-order valence-electron chi connectivity index (χ2n) is 9.14. The molecule has 0 spiro atoms. The van der Waals surface area contributed by atoms with Gasteiger partial charge in [0.2, 0.25) is 0 Å². The number of hydrogen-bond donors (Lipinski definition) is 1. The minimum Gasteiger partial charge on any atom is -0.405 e. The van der Waals surface area contributed by atoms with E-state index in [1.165, 1.54) is 14.2 Å². The smallest absolute Gasteiger partial charge is 0.261 e. The fourth-order valence-corrected chi connectivity index (χ4v) is 9.24. The number of benzene rings is 2. The van der Waals surface area contributed by atoms with Crippen molar-refractivity contribution in [1.82, 2.24) is 0 Å². The van der Waals surface area contributed by atoms with Crippen molar-refractivity contribution in [1.29, 1.82) is 0 Å². The van der Waals surface area contributed by atoms with E-state index in [4.69, 9.17) is 24.2 Å². The molecule has 33 heavy (non-hydrogen) atoms. The maximum Gasteiger partial charge on any atom is 0.261 e. The Labute approximate surface area is 196 Å². The summed E-state index contributed by atoms with van der Waals surface area (Å²) in [6.07, 6.45) is -3.30. The Morgan fingerprint density at radius 1 is 1.03 bits per heavy atom. The largest absolute Gasteiger partial charge is 0.405 e. The molecule has 2 aromatic rings. The van der Waals surface area contributed by atoms with Crippen LogP contribution in [0.2, 0.25) is 5.04 Å². The van der Waals surface area contributed by atoms with Gasteiger partial charge in [-0.25, -0.2) is 0 Å². The minimum absolute atomic E-state index is 0.128. The zero-order chi connectivity index (χ0) is 24.1. The molecule has 0 radical (unpaired) electrons. The molecule has 0 unspecified atom stereocenters. The molecule has 1 aliphatic heterocycles.